The molecule has 54 valence electrons. The van der Waals surface area contributed by atoms with Crippen molar-refractivity contribution in [1.82, 2.24) is 4.98 Å². The molecular formula is C7H10N2S. The van der Waals surface area contributed by atoms with Gasteiger partial charge in [-0.15, -0.1) is 0 Å². The van der Waals surface area contributed by atoms with Gasteiger partial charge in [-0.2, -0.15) is 12.6 Å². The topological polar surface area (TPSA) is 38.9 Å². The first-order chi connectivity index (χ1) is 4.84. The van der Waals surface area contributed by atoms with Crippen molar-refractivity contribution in [2.45, 2.75) is 5.25 Å². The van der Waals surface area contributed by atoms with Crippen LogP contribution in [0.2, 0.25) is 0 Å². The van der Waals surface area contributed by atoms with E-state index in [2.05, 4.69) is 17.6 Å². The lowest BCUT2D eigenvalue weighted by atomic mass is 10.3. The molecule has 1 rings (SSSR count). The van der Waals surface area contributed by atoms with E-state index in [1.54, 1.807) is 6.20 Å². The van der Waals surface area contributed by atoms with Gasteiger partial charge in [-0.25, -0.2) is 0 Å². The largest absolute Gasteiger partial charge is 0.329 e. The van der Waals surface area contributed by atoms with Crippen molar-refractivity contribution >= 4 is 12.6 Å². The lowest BCUT2D eigenvalue weighted by molar-refractivity contribution is 0.905. The summed E-state index contributed by atoms with van der Waals surface area (Å²) >= 11 is 4.23. The van der Waals surface area contributed by atoms with Crippen molar-refractivity contribution < 1.29 is 0 Å². The smallest absolute Gasteiger partial charge is 0.0562 e. The van der Waals surface area contributed by atoms with E-state index in [-0.39, 0.29) is 5.25 Å². The van der Waals surface area contributed by atoms with Gasteiger partial charge in [-0.3, -0.25) is 4.98 Å². The molecule has 0 radical (unpaired) electrons. The molecule has 0 aliphatic carbocycles. The van der Waals surface area contributed by atoms with E-state index in [9.17, 15) is 0 Å². The van der Waals surface area contributed by atoms with Gasteiger partial charge in [0.2, 0.25) is 0 Å². The number of hydrogen-bond donors (Lipinski definition) is 2. The molecule has 1 unspecified atom stereocenters. The molecular weight excluding hydrogens is 144 g/mol. The minimum Gasteiger partial charge on any atom is -0.329 e. The van der Waals surface area contributed by atoms with E-state index in [4.69, 9.17) is 5.73 Å². The Kier molecular flexibility index (Phi) is 2.71. The molecule has 0 amide bonds. The van der Waals surface area contributed by atoms with Gasteiger partial charge >= 0.3 is 0 Å². The van der Waals surface area contributed by atoms with E-state index in [0.29, 0.717) is 6.54 Å². The van der Waals surface area contributed by atoms with Gasteiger partial charge in [-0.05, 0) is 12.1 Å². The highest BCUT2D eigenvalue weighted by atomic mass is 32.1. The van der Waals surface area contributed by atoms with Gasteiger partial charge in [-0.1, -0.05) is 6.07 Å². The van der Waals surface area contributed by atoms with E-state index in [1.807, 2.05) is 18.2 Å². The summed E-state index contributed by atoms with van der Waals surface area (Å²) in [5.74, 6) is 0. The molecule has 0 aromatic carbocycles. The predicted molar refractivity (Wildman–Crippen MR) is 45.0 cm³/mol. The Morgan fingerprint density at radius 2 is 2.40 bits per heavy atom. The van der Waals surface area contributed by atoms with E-state index in [1.165, 1.54) is 0 Å². The average Bonchev–Trinajstić information content (AvgIpc) is 2.05. The molecule has 0 aliphatic heterocycles. The van der Waals surface area contributed by atoms with Crippen molar-refractivity contribution in [2.24, 2.45) is 5.73 Å². The third-order valence-electron chi connectivity index (χ3n) is 1.25. The molecule has 0 aliphatic rings. The van der Waals surface area contributed by atoms with Crippen LogP contribution in [0, 0.1) is 0 Å². The Morgan fingerprint density at radius 3 is 2.90 bits per heavy atom. The summed E-state index contributed by atoms with van der Waals surface area (Å²) in [6.07, 6.45) is 1.74. The number of hydrogen-bond acceptors (Lipinski definition) is 3. The first kappa shape index (κ1) is 7.57. The van der Waals surface area contributed by atoms with Crippen LogP contribution >= 0.6 is 12.6 Å². The van der Waals surface area contributed by atoms with Crippen LogP contribution in [0.4, 0.5) is 0 Å². The van der Waals surface area contributed by atoms with Crippen LogP contribution in [0.3, 0.4) is 0 Å². The van der Waals surface area contributed by atoms with E-state index >= 15 is 0 Å². The number of thiol groups is 1. The Balaban J connectivity index is 2.75. The van der Waals surface area contributed by atoms with Crippen LogP contribution in [0.1, 0.15) is 10.9 Å². The number of aromatic nitrogens is 1. The summed E-state index contributed by atoms with van der Waals surface area (Å²) in [7, 11) is 0. The lowest BCUT2D eigenvalue weighted by Crippen LogP contribution is -2.07. The summed E-state index contributed by atoms with van der Waals surface area (Å²) in [4.78, 5) is 4.09. The average molecular weight is 154 g/mol. The zero-order chi connectivity index (χ0) is 7.40. The summed E-state index contributed by atoms with van der Waals surface area (Å²) in [5, 5.41) is 0.0706. The maximum absolute atomic E-state index is 5.39. The molecule has 0 saturated heterocycles. The highest BCUT2D eigenvalue weighted by molar-refractivity contribution is 7.80. The third kappa shape index (κ3) is 1.72. The fraction of sp³-hybridized carbons (Fsp3) is 0.286. The Hall–Kier alpha value is -0.540. The lowest BCUT2D eigenvalue weighted by Gasteiger charge is -2.04. The summed E-state index contributed by atoms with van der Waals surface area (Å²) < 4.78 is 0. The van der Waals surface area contributed by atoms with Crippen molar-refractivity contribution in [3.63, 3.8) is 0 Å². The van der Waals surface area contributed by atoms with Crippen LogP contribution in [0.15, 0.2) is 24.4 Å². The highest BCUT2D eigenvalue weighted by Gasteiger charge is 2.02. The van der Waals surface area contributed by atoms with Crippen molar-refractivity contribution in [3.8, 4) is 0 Å². The highest BCUT2D eigenvalue weighted by Crippen LogP contribution is 2.13. The van der Waals surface area contributed by atoms with Gasteiger partial charge in [0, 0.05) is 12.7 Å². The molecule has 2 N–H and O–H groups in total. The van der Waals surface area contributed by atoms with Crippen molar-refractivity contribution in [2.75, 3.05) is 6.54 Å². The number of nitrogens with two attached hydrogens (primary N) is 1. The number of rotatable bonds is 2. The van der Waals surface area contributed by atoms with Crippen molar-refractivity contribution in [3.05, 3.63) is 30.1 Å². The Bertz CT molecular complexity index is 188. The normalized spacial score (nSPS) is 13.0. The van der Waals surface area contributed by atoms with Gasteiger partial charge in [0.15, 0.2) is 0 Å². The summed E-state index contributed by atoms with van der Waals surface area (Å²) in [6, 6.07) is 5.73. The zero-order valence-electron chi connectivity index (χ0n) is 5.57. The molecule has 1 aromatic heterocycles. The van der Waals surface area contributed by atoms with E-state index < -0.39 is 0 Å². The van der Waals surface area contributed by atoms with E-state index in [0.717, 1.165) is 5.69 Å². The number of nitrogens with zero attached hydrogens (tertiary/aromatic N) is 1. The van der Waals surface area contributed by atoms with Gasteiger partial charge in [0.05, 0.1) is 10.9 Å². The van der Waals surface area contributed by atoms with Gasteiger partial charge in [0.1, 0.15) is 0 Å². The standard InChI is InChI=1S/C7H10N2S/c8-5-7(10)6-3-1-2-4-9-6/h1-4,7,10H,5,8H2. The quantitative estimate of drug-likeness (QED) is 0.624. The predicted octanol–water partition coefficient (Wildman–Crippen LogP) is 1.01. The molecule has 1 atom stereocenters. The minimum absolute atomic E-state index is 0.0706. The fourth-order valence-corrected chi connectivity index (χ4v) is 0.847. The zero-order valence-corrected chi connectivity index (χ0v) is 6.46. The molecule has 0 bridgehead atoms. The number of pyridine rings is 1. The molecule has 0 spiro atoms. The SMILES string of the molecule is NCC(S)c1ccccn1. The summed E-state index contributed by atoms with van der Waals surface area (Å²) in [6.45, 7) is 0.528. The molecule has 3 heteroatoms. The third-order valence-corrected chi connectivity index (χ3v) is 1.73. The second-order valence-corrected chi connectivity index (χ2v) is 2.63. The molecule has 0 fully saturated rings. The second kappa shape index (κ2) is 3.58. The van der Waals surface area contributed by atoms with Crippen LogP contribution < -0.4 is 5.73 Å². The Morgan fingerprint density at radius 1 is 1.60 bits per heavy atom. The van der Waals surface area contributed by atoms with Crippen LogP contribution in [0.25, 0.3) is 0 Å². The maximum Gasteiger partial charge on any atom is 0.0562 e. The maximum atomic E-state index is 5.39. The molecule has 10 heavy (non-hydrogen) atoms. The first-order valence-corrected chi connectivity index (χ1v) is 3.65. The molecule has 0 saturated carbocycles. The Labute approximate surface area is 65.9 Å². The summed E-state index contributed by atoms with van der Waals surface area (Å²) in [5.41, 5.74) is 6.33. The van der Waals surface area contributed by atoms with Crippen LogP contribution in [0.5, 0.6) is 0 Å². The fourth-order valence-electron chi connectivity index (χ4n) is 0.694. The molecule has 2 nitrogen and oxygen atoms in total. The first-order valence-electron chi connectivity index (χ1n) is 3.13. The van der Waals surface area contributed by atoms with Crippen LogP contribution in [-0.2, 0) is 0 Å². The second-order valence-electron chi connectivity index (χ2n) is 2.01. The molecule has 1 aromatic rings. The molecule has 1 heterocycles. The van der Waals surface area contributed by atoms with Crippen LogP contribution in [-0.4, -0.2) is 11.5 Å². The monoisotopic (exact) mass is 154 g/mol. The van der Waals surface area contributed by atoms with Gasteiger partial charge < -0.3 is 5.73 Å². The van der Waals surface area contributed by atoms with Crippen molar-refractivity contribution in [1.29, 1.82) is 0 Å². The minimum atomic E-state index is 0.0706. The van der Waals surface area contributed by atoms with Gasteiger partial charge in [0.25, 0.3) is 0 Å².